The van der Waals surface area contributed by atoms with Crippen molar-refractivity contribution in [1.29, 1.82) is 0 Å². The van der Waals surface area contributed by atoms with Gasteiger partial charge in [-0.05, 0) is 49.4 Å². The smallest absolute Gasteiger partial charge is 0.333 e. The molecule has 0 saturated heterocycles. The van der Waals surface area contributed by atoms with Crippen LogP contribution in [-0.2, 0) is 19.1 Å². The van der Waals surface area contributed by atoms with Crippen LogP contribution < -0.4 is 4.90 Å². The maximum absolute atomic E-state index is 11.7. The maximum Gasteiger partial charge on any atom is 0.333 e. The van der Waals surface area contributed by atoms with Crippen molar-refractivity contribution in [2.45, 2.75) is 13.8 Å². The van der Waals surface area contributed by atoms with Gasteiger partial charge in [0.1, 0.15) is 19.3 Å². The lowest BCUT2D eigenvalue weighted by Crippen LogP contribution is -2.32. The molecule has 1 aromatic heterocycles. The topological polar surface area (TPSA) is 167 Å². The van der Waals surface area contributed by atoms with Crippen LogP contribution in [0.4, 0.5) is 27.1 Å². The van der Waals surface area contributed by atoms with Gasteiger partial charge in [0, 0.05) is 16.8 Å². The Morgan fingerprint density at radius 2 is 1.47 bits per heavy atom. The normalized spacial score (nSPS) is 10.6. The van der Waals surface area contributed by atoms with Gasteiger partial charge in [-0.25, -0.2) is 9.59 Å². The Morgan fingerprint density at radius 3 is 1.92 bits per heavy atom. The minimum Gasteiger partial charge on any atom is -0.460 e. The highest BCUT2D eigenvalue weighted by Gasteiger charge is 2.25. The van der Waals surface area contributed by atoms with Crippen LogP contribution in [0.15, 0.2) is 64.9 Å². The quantitative estimate of drug-likeness (QED) is 0.116. The third-order valence-electron chi connectivity index (χ3n) is 4.41. The van der Waals surface area contributed by atoms with Gasteiger partial charge in [0.25, 0.3) is 0 Å². The molecule has 13 nitrogen and oxygen atoms in total. The molecular weight excluding hydrogens is 494 g/mol. The number of carbonyl (C=O) groups is 2. The zero-order valence-corrected chi connectivity index (χ0v) is 20.4. The van der Waals surface area contributed by atoms with Crippen LogP contribution in [-0.4, -0.2) is 48.1 Å². The number of hydrogen-bond donors (Lipinski definition) is 0. The SMILES string of the molecule is C=C(C)C(=O)OCCN(CCOC(=O)C(=C)C)c1ccc(N=Nc2sc([N+](=O)[O-])cc2[N+](=O)[O-])cc1. The third kappa shape index (κ3) is 8.09. The Morgan fingerprint density at radius 1 is 0.944 bits per heavy atom. The number of nitro groups is 2. The minimum absolute atomic E-state index is 0.0579. The van der Waals surface area contributed by atoms with Crippen LogP contribution in [0.5, 0.6) is 0 Å². The molecule has 0 aliphatic carbocycles. The molecule has 0 atom stereocenters. The summed E-state index contributed by atoms with van der Waals surface area (Å²) in [6.45, 7) is 10.8. The summed E-state index contributed by atoms with van der Waals surface area (Å²) in [6, 6.07) is 7.36. The van der Waals surface area contributed by atoms with Gasteiger partial charge in [-0.15, -0.1) is 10.2 Å². The van der Waals surface area contributed by atoms with Crippen LogP contribution in [0.1, 0.15) is 13.8 Å². The molecule has 0 fully saturated rings. The van der Waals surface area contributed by atoms with E-state index < -0.39 is 32.5 Å². The third-order valence-corrected chi connectivity index (χ3v) is 5.37. The van der Waals surface area contributed by atoms with Crippen molar-refractivity contribution < 1.29 is 28.9 Å². The molecule has 0 unspecified atom stereocenters. The average Bonchev–Trinajstić information content (AvgIpc) is 3.27. The fraction of sp³-hybridized carbons (Fsp3) is 0.273. The molecule has 0 N–H and O–H groups in total. The van der Waals surface area contributed by atoms with Crippen LogP contribution in [0.3, 0.4) is 0 Å². The Labute approximate surface area is 209 Å². The zero-order valence-electron chi connectivity index (χ0n) is 19.5. The molecule has 0 bridgehead atoms. The Kier molecular flexibility index (Phi) is 9.92. The van der Waals surface area contributed by atoms with Gasteiger partial charge >= 0.3 is 22.6 Å². The first-order chi connectivity index (χ1) is 17.0. The predicted octanol–water partition coefficient (Wildman–Crippen LogP) is 5.02. The van der Waals surface area contributed by atoms with Gasteiger partial charge in [-0.3, -0.25) is 20.2 Å². The molecule has 1 aromatic carbocycles. The lowest BCUT2D eigenvalue weighted by molar-refractivity contribution is -0.389. The molecule has 0 spiro atoms. The first kappa shape index (κ1) is 27.8. The summed E-state index contributed by atoms with van der Waals surface area (Å²) < 4.78 is 10.3. The van der Waals surface area contributed by atoms with Crippen molar-refractivity contribution in [3.8, 4) is 0 Å². The fourth-order valence-corrected chi connectivity index (χ4v) is 3.36. The number of esters is 2. The van der Waals surface area contributed by atoms with Gasteiger partial charge in [0.2, 0.25) is 5.00 Å². The molecule has 14 heteroatoms. The second kappa shape index (κ2) is 12.9. The summed E-state index contributed by atoms with van der Waals surface area (Å²) in [5.74, 6) is -1.05. The molecule has 1 heterocycles. The molecule has 0 amide bonds. The number of nitrogens with zero attached hydrogens (tertiary/aromatic N) is 5. The number of benzene rings is 1. The van der Waals surface area contributed by atoms with E-state index in [0.29, 0.717) is 22.7 Å². The van der Waals surface area contributed by atoms with E-state index in [4.69, 9.17) is 9.47 Å². The molecule has 0 saturated carbocycles. The molecule has 2 rings (SSSR count). The second-order valence-corrected chi connectivity index (χ2v) is 8.33. The minimum atomic E-state index is -0.764. The Balaban J connectivity index is 2.15. The van der Waals surface area contributed by atoms with Gasteiger partial charge < -0.3 is 14.4 Å². The molecule has 0 radical (unpaired) electrons. The van der Waals surface area contributed by atoms with Crippen LogP contribution >= 0.6 is 11.3 Å². The summed E-state index contributed by atoms with van der Waals surface area (Å²) in [5.41, 5.74) is 1.05. The van der Waals surface area contributed by atoms with E-state index in [9.17, 15) is 29.8 Å². The standard InChI is InChI=1S/C22H23N5O8S/c1-14(2)21(28)34-11-9-25(10-12-35-22(29)15(3)4)17-7-5-16(6-8-17)23-24-20-18(26(30)31)13-19(36-20)27(32)33/h5-8,13H,1,3,9-12H2,2,4H3. The summed E-state index contributed by atoms with van der Waals surface area (Å²) in [5, 5.41) is 29.2. The fourth-order valence-electron chi connectivity index (χ4n) is 2.60. The molecule has 36 heavy (non-hydrogen) atoms. The van der Waals surface area contributed by atoms with E-state index >= 15 is 0 Å². The van der Waals surface area contributed by atoms with Crippen LogP contribution in [0, 0.1) is 20.2 Å². The van der Waals surface area contributed by atoms with Crippen molar-refractivity contribution in [2.24, 2.45) is 10.2 Å². The second-order valence-electron chi connectivity index (χ2n) is 7.33. The van der Waals surface area contributed by atoms with Crippen molar-refractivity contribution in [3.05, 3.63) is 74.9 Å². The number of carbonyl (C=O) groups excluding carboxylic acids is 2. The summed E-state index contributed by atoms with van der Waals surface area (Å²) >= 11 is 0.545. The van der Waals surface area contributed by atoms with Crippen molar-refractivity contribution in [2.75, 3.05) is 31.2 Å². The number of azo groups is 1. The molecule has 2 aromatic rings. The lowest BCUT2D eigenvalue weighted by atomic mass is 10.2. The van der Waals surface area contributed by atoms with E-state index in [1.165, 1.54) is 13.8 Å². The molecule has 0 aliphatic rings. The van der Waals surface area contributed by atoms with E-state index in [1.807, 2.05) is 4.90 Å². The van der Waals surface area contributed by atoms with E-state index in [0.717, 1.165) is 6.07 Å². The Bertz CT molecular complexity index is 1170. The summed E-state index contributed by atoms with van der Waals surface area (Å²) in [6.07, 6.45) is 0. The number of ether oxygens (including phenoxy) is 2. The molecule has 190 valence electrons. The van der Waals surface area contributed by atoms with Gasteiger partial charge in [-0.1, -0.05) is 13.2 Å². The first-order valence-electron chi connectivity index (χ1n) is 10.3. The average molecular weight is 518 g/mol. The number of thiophene rings is 1. The van der Waals surface area contributed by atoms with Crippen LogP contribution in [0.25, 0.3) is 0 Å². The largest absolute Gasteiger partial charge is 0.460 e. The van der Waals surface area contributed by atoms with E-state index in [1.54, 1.807) is 24.3 Å². The van der Waals surface area contributed by atoms with Crippen molar-refractivity contribution in [3.63, 3.8) is 0 Å². The lowest BCUT2D eigenvalue weighted by Gasteiger charge is -2.24. The van der Waals surface area contributed by atoms with Gasteiger partial charge in [0.15, 0.2) is 0 Å². The van der Waals surface area contributed by atoms with Crippen LogP contribution in [0.2, 0.25) is 0 Å². The van der Waals surface area contributed by atoms with Crippen molar-refractivity contribution >= 4 is 50.3 Å². The number of anilines is 1. The highest BCUT2D eigenvalue weighted by molar-refractivity contribution is 7.19. The van der Waals surface area contributed by atoms with Crippen molar-refractivity contribution in [1.82, 2.24) is 0 Å². The molecule has 0 aliphatic heterocycles. The number of rotatable bonds is 13. The number of hydrogen-bond acceptors (Lipinski definition) is 12. The summed E-state index contributed by atoms with van der Waals surface area (Å²) in [7, 11) is 0. The molecular formula is C22H23N5O8S. The van der Waals surface area contributed by atoms with Gasteiger partial charge in [0.05, 0.1) is 28.6 Å². The zero-order chi connectivity index (χ0) is 26.8. The predicted molar refractivity (Wildman–Crippen MR) is 132 cm³/mol. The van der Waals surface area contributed by atoms with E-state index in [2.05, 4.69) is 23.4 Å². The maximum atomic E-state index is 11.7. The van der Waals surface area contributed by atoms with E-state index in [-0.39, 0.29) is 42.5 Å². The monoisotopic (exact) mass is 517 g/mol. The first-order valence-corrected chi connectivity index (χ1v) is 11.2. The summed E-state index contributed by atoms with van der Waals surface area (Å²) in [4.78, 5) is 45.7. The Hall–Kier alpha value is -4.46. The van der Waals surface area contributed by atoms with Gasteiger partial charge in [-0.2, -0.15) is 0 Å². The highest BCUT2D eigenvalue weighted by atomic mass is 32.1. The highest BCUT2D eigenvalue weighted by Crippen LogP contribution is 2.41.